The Morgan fingerprint density at radius 1 is 1.08 bits per heavy atom. The predicted molar refractivity (Wildman–Crippen MR) is 97.3 cm³/mol. The first kappa shape index (κ1) is 16.3. The smallest absolute Gasteiger partial charge is 0.252 e. The zero-order valence-corrected chi connectivity index (χ0v) is 13.7. The molecule has 0 fully saturated rings. The van der Waals surface area contributed by atoms with Gasteiger partial charge < -0.3 is 15.6 Å². The lowest BCUT2D eigenvalue weighted by Gasteiger charge is -2.03. The van der Waals surface area contributed by atoms with Crippen LogP contribution in [0.4, 0.5) is 0 Å². The van der Waals surface area contributed by atoms with E-state index in [2.05, 4.69) is 27.5 Å². The molecular formula is C20H17N3O2. The van der Waals surface area contributed by atoms with Crippen molar-refractivity contribution in [2.75, 3.05) is 13.6 Å². The highest BCUT2D eigenvalue weighted by Gasteiger charge is 2.07. The maximum atomic E-state index is 12.2. The lowest BCUT2D eigenvalue weighted by Crippen LogP contribution is -2.23. The quantitative estimate of drug-likeness (QED) is 0.644. The number of fused-ring (bicyclic) bond motifs is 1. The van der Waals surface area contributed by atoms with Gasteiger partial charge in [0.1, 0.15) is 0 Å². The zero-order chi connectivity index (χ0) is 17.6. The lowest BCUT2D eigenvalue weighted by molar-refractivity contribution is 0.0952. The highest BCUT2D eigenvalue weighted by atomic mass is 16.2. The van der Waals surface area contributed by atoms with E-state index in [1.807, 2.05) is 30.5 Å². The topological polar surface area (TPSA) is 74.0 Å². The van der Waals surface area contributed by atoms with Gasteiger partial charge in [0.05, 0.1) is 12.1 Å². The van der Waals surface area contributed by atoms with Gasteiger partial charge in [-0.3, -0.25) is 9.59 Å². The van der Waals surface area contributed by atoms with Crippen molar-refractivity contribution in [1.29, 1.82) is 0 Å². The molecular weight excluding hydrogens is 314 g/mol. The molecule has 0 aliphatic carbocycles. The summed E-state index contributed by atoms with van der Waals surface area (Å²) in [5.41, 5.74) is 2.72. The monoisotopic (exact) mass is 331 g/mol. The molecule has 0 aliphatic rings. The molecule has 0 spiro atoms. The van der Waals surface area contributed by atoms with Crippen molar-refractivity contribution in [3.63, 3.8) is 0 Å². The largest absolute Gasteiger partial charge is 0.361 e. The van der Waals surface area contributed by atoms with Crippen LogP contribution < -0.4 is 10.6 Å². The summed E-state index contributed by atoms with van der Waals surface area (Å²) < 4.78 is 0. The maximum Gasteiger partial charge on any atom is 0.252 e. The minimum atomic E-state index is -0.186. The maximum absolute atomic E-state index is 12.2. The molecule has 0 saturated carbocycles. The molecule has 1 aromatic heterocycles. The number of hydrogen-bond acceptors (Lipinski definition) is 2. The molecule has 0 radical (unpaired) electrons. The summed E-state index contributed by atoms with van der Waals surface area (Å²) in [5, 5.41) is 6.34. The van der Waals surface area contributed by atoms with Gasteiger partial charge in [-0.15, -0.1) is 0 Å². The highest BCUT2D eigenvalue weighted by Crippen LogP contribution is 2.14. The van der Waals surface area contributed by atoms with Gasteiger partial charge in [-0.2, -0.15) is 0 Å². The fourth-order valence-corrected chi connectivity index (χ4v) is 2.49. The third-order valence-corrected chi connectivity index (χ3v) is 3.77. The first-order chi connectivity index (χ1) is 12.2. The van der Waals surface area contributed by atoms with Gasteiger partial charge in [-0.1, -0.05) is 24.0 Å². The first-order valence-corrected chi connectivity index (χ1v) is 7.84. The Morgan fingerprint density at radius 3 is 2.76 bits per heavy atom. The van der Waals surface area contributed by atoms with Gasteiger partial charge >= 0.3 is 0 Å². The number of H-pyrrole nitrogens is 1. The Bertz CT molecular complexity index is 993. The van der Waals surface area contributed by atoms with E-state index < -0.39 is 0 Å². The van der Waals surface area contributed by atoms with Crippen LogP contribution in [0.2, 0.25) is 0 Å². The van der Waals surface area contributed by atoms with E-state index in [1.54, 1.807) is 31.3 Å². The number of benzene rings is 2. The van der Waals surface area contributed by atoms with Gasteiger partial charge in [-0.05, 0) is 36.4 Å². The molecule has 3 rings (SSSR count). The van der Waals surface area contributed by atoms with Gasteiger partial charge in [0.15, 0.2) is 0 Å². The lowest BCUT2D eigenvalue weighted by atomic mass is 10.1. The minimum Gasteiger partial charge on any atom is -0.361 e. The van der Waals surface area contributed by atoms with Crippen LogP contribution in [-0.2, 0) is 0 Å². The summed E-state index contributed by atoms with van der Waals surface area (Å²) in [6.45, 7) is 0.200. The molecule has 0 atom stereocenters. The Morgan fingerprint density at radius 2 is 1.92 bits per heavy atom. The number of nitrogens with one attached hydrogen (secondary N) is 3. The number of aromatic amines is 1. The van der Waals surface area contributed by atoms with E-state index in [0.29, 0.717) is 16.7 Å². The number of amides is 2. The second-order valence-corrected chi connectivity index (χ2v) is 5.39. The fraction of sp³-hybridized carbons (Fsp3) is 0.100. The number of aromatic nitrogens is 1. The van der Waals surface area contributed by atoms with Crippen LogP contribution in [0.25, 0.3) is 10.9 Å². The molecule has 0 bridgehead atoms. The SMILES string of the molecule is CNC(=O)c1ccccc1C#CCNC(=O)c1ccc2[nH]ccc2c1. The van der Waals surface area contributed by atoms with Crippen LogP contribution in [0.3, 0.4) is 0 Å². The van der Waals surface area contributed by atoms with Crippen LogP contribution in [-0.4, -0.2) is 30.4 Å². The van der Waals surface area contributed by atoms with Crippen molar-refractivity contribution in [2.45, 2.75) is 0 Å². The minimum absolute atomic E-state index is 0.183. The molecule has 5 nitrogen and oxygen atoms in total. The van der Waals surface area contributed by atoms with E-state index in [9.17, 15) is 9.59 Å². The predicted octanol–water partition coefficient (Wildman–Crippen LogP) is 2.31. The molecule has 124 valence electrons. The van der Waals surface area contributed by atoms with E-state index >= 15 is 0 Å². The van der Waals surface area contributed by atoms with Crippen molar-refractivity contribution in [1.82, 2.24) is 15.6 Å². The van der Waals surface area contributed by atoms with Crippen LogP contribution in [0.5, 0.6) is 0 Å². The number of carbonyl (C=O) groups is 2. The third-order valence-electron chi connectivity index (χ3n) is 3.77. The van der Waals surface area contributed by atoms with Gasteiger partial charge in [0.25, 0.3) is 11.8 Å². The Labute approximate surface area is 145 Å². The second-order valence-electron chi connectivity index (χ2n) is 5.39. The molecule has 2 aromatic carbocycles. The van der Waals surface area contributed by atoms with Crippen molar-refractivity contribution >= 4 is 22.7 Å². The second kappa shape index (κ2) is 7.37. The van der Waals surface area contributed by atoms with Crippen molar-refractivity contribution in [3.8, 4) is 11.8 Å². The normalized spacial score (nSPS) is 9.96. The zero-order valence-electron chi connectivity index (χ0n) is 13.7. The molecule has 1 heterocycles. The first-order valence-electron chi connectivity index (χ1n) is 7.84. The van der Waals surface area contributed by atoms with E-state index in [0.717, 1.165) is 10.9 Å². The average Bonchev–Trinajstić information content (AvgIpc) is 3.12. The van der Waals surface area contributed by atoms with Crippen LogP contribution in [0.1, 0.15) is 26.3 Å². The van der Waals surface area contributed by atoms with Gasteiger partial charge in [-0.25, -0.2) is 0 Å². The molecule has 3 aromatic rings. The van der Waals surface area contributed by atoms with E-state index in [1.165, 1.54) is 0 Å². The van der Waals surface area contributed by atoms with E-state index in [4.69, 9.17) is 0 Å². The summed E-state index contributed by atoms with van der Waals surface area (Å²) in [7, 11) is 1.58. The number of carbonyl (C=O) groups excluding carboxylic acids is 2. The van der Waals surface area contributed by atoms with Gasteiger partial charge in [0.2, 0.25) is 0 Å². The van der Waals surface area contributed by atoms with Crippen LogP contribution >= 0.6 is 0 Å². The number of hydrogen-bond donors (Lipinski definition) is 3. The van der Waals surface area contributed by atoms with Crippen LogP contribution in [0.15, 0.2) is 54.7 Å². The molecule has 5 heteroatoms. The van der Waals surface area contributed by atoms with Gasteiger partial charge in [0, 0.05) is 35.3 Å². The third kappa shape index (κ3) is 3.70. The van der Waals surface area contributed by atoms with E-state index in [-0.39, 0.29) is 18.4 Å². The Hall–Kier alpha value is -3.52. The van der Waals surface area contributed by atoms with Crippen molar-refractivity contribution < 1.29 is 9.59 Å². The highest BCUT2D eigenvalue weighted by molar-refractivity contribution is 5.98. The molecule has 2 amide bonds. The molecule has 0 saturated heterocycles. The molecule has 0 aliphatic heterocycles. The fourth-order valence-electron chi connectivity index (χ4n) is 2.49. The van der Waals surface area contributed by atoms with Crippen molar-refractivity contribution in [3.05, 3.63) is 71.4 Å². The number of rotatable bonds is 3. The summed E-state index contributed by atoms with van der Waals surface area (Å²) >= 11 is 0. The Balaban J connectivity index is 1.66. The molecule has 3 N–H and O–H groups in total. The van der Waals surface area contributed by atoms with Crippen LogP contribution in [0, 0.1) is 11.8 Å². The standard InChI is InChI=1S/C20H17N3O2/c1-21-20(25)17-7-3-2-5-14(17)6-4-11-23-19(24)16-8-9-18-15(13-16)10-12-22-18/h2-3,5,7-10,12-13,22H,11H2,1H3,(H,21,25)(H,23,24). The summed E-state index contributed by atoms with van der Waals surface area (Å²) in [6, 6.07) is 14.5. The molecule has 25 heavy (non-hydrogen) atoms. The van der Waals surface area contributed by atoms with Crippen molar-refractivity contribution in [2.24, 2.45) is 0 Å². The summed E-state index contributed by atoms with van der Waals surface area (Å²) in [5.74, 6) is 5.45. The summed E-state index contributed by atoms with van der Waals surface area (Å²) in [6.07, 6.45) is 1.84. The Kier molecular flexibility index (Phi) is 4.82. The molecule has 0 unspecified atom stereocenters. The summed E-state index contributed by atoms with van der Waals surface area (Å²) in [4.78, 5) is 27.1. The average molecular weight is 331 g/mol.